The first-order chi connectivity index (χ1) is 14.0. The first-order valence-electron chi connectivity index (χ1n) is 9.26. The molecule has 148 valence electrons. The summed E-state index contributed by atoms with van der Waals surface area (Å²) in [6.45, 7) is 3.64. The second kappa shape index (κ2) is 9.45. The smallest absolute Gasteiger partial charge is 0.310 e. The molecule has 7 heteroatoms. The Hall–Kier alpha value is -3.74. The van der Waals surface area contributed by atoms with Gasteiger partial charge in [-0.15, -0.1) is 0 Å². The Morgan fingerprint density at radius 2 is 1.66 bits per heavy atom. The zero-order valence-corrected chi connectivity index (χ0v) is 16.3. The second-order valence-corrected chi connectivity index (χ2v) is 6.33. The molecule has 0 spiro atoms. The zero-order chi connectivity index (χ0) is 20.6. The van der Waals surface area contributed by atoms with Crippen molar-refractivity contribution >= 4 is 29.2 Å². The molecule has 3 aromatic rings. The van der Waals surface area contributed by atoms with Crippen molar-refractivity contribution in [3.63, 3.8) is 0 Å². The summed E-state index contributed by atoms with van der Waals surface area (Å²) in [5, 5.41) is 5.90. The van der Waals surface area contributed by atoms with Crippen LogP contribution in [0.25, 0.3) is 11.3 Å². The molecule has 3 rings (SSSR count). The summed E-state index contributed by atoms with van der Waals surface area (Å²) < 4.78 is 4.96. The molecule has 1 aromatic heterocycles. The minimum Gasteiger partial charge on any atom is -0.466 e. The number of ether oxygens (including phenoxy) is 1. The number of carbonyl (C=O) groups is 2. The SMILES string of the molecule is CCOC(=O)Cc1ccc(Nc2nccc(-c3ccc(NC(C)=O)cc3)n2)cc1. The van der Waals surface area contributed by atoms with Crippen LogP contribution in [0.15, 0.2) is 60.8 Å². The number of aromatic nitrogens is 2. The highest BCUT2D eigenvalue weighted by Crippen LogP contribution is 2.21. The Morgan fingerprint density at radius 1 is 0.966 bits per heavy atom. The first kappa shape index (κ1) is 20.0. The lowest BCUT2D eigenvalue weighted by Gasteiger charge is -2.08. The molecule has 2 aromatic carbocycles. The minimum absolute atomic E-state index is 0.112. The fourth-order valence-electron chi connectivity index (χ4n) is 2.72. The Morgan fingerprint density at radius 3 is 2.31 bits per heavy atom. The van der Waals surface area contributed by atoms with Gasteiger partial charge in [0.05, 0.1) is 18.7 Å². The predicted molar refractivity (Wildman–Crippen MR) is 112 cm³/mol. The zero-order valence-electron chi connectivity index (χ0n) is 16.3. The lowest BCUT2D eigenvalue weighted by Crippen LogP contribution is -2.07. The van der Waals surface area contributed by atoms with E-state index in [1.54, 1.807) is 13.1 Å². The third-order valence-electron chi connectivity index (χ3n) is 4.02. The molecule has 2 N–H and O–H groups in total. The molecule has 0 radical (unpaired) electrons. The van der Waals surface area contributed by atoms with E-state index in [0.717, 1.165) is 28.2 Å². The lowest BCUT2D eigenvalue weighted by atomic mass is 10.1. The maximum absolute atomic E-state index is 11.6. The summed E-state index contributed by atoms with van der Waals surface area (Å²) in [5.41, 5.74) is 4.10. The van der Waals surface area contributed by atoms with Crippen LogP contribution < -0.4 is 10.6 Å². The summed E-state index contributed by atoms with van der Waals surface area (Å²) in [6, 6.07) is 16.7. The van der Waals surface area contributed by atoms with Gasteiger partial charge in [-0.3, -0.25) is 9.59 Å². The first-order valence-corrected chi connectivity index (χ1v) is 9.26. The summed E-state index contributed by atoms with van der Waals surface area (Å²) in [5.74, 6) is 0.111. The van der Waals surface area contributed by atoms with Gasteiger partial charge < -0.3 is 15.4 Å². The number of benzene rings is 2. The summed E-state index contributed by atoms with van der Waals surface area (Å²) in [7, 11) is 0. The van der Waals surface area contributed by atoms with E-state index in [1.165, 1.54) is 6.92 Å². The van der Waals surface area contributed by atoms with Crippen molar-refractivity contribution in [3.05, 3.63) is 66.4 Å². The van der Waals surface area contributed by atoms with Crippen molar-refractivity contribution in [2.24, 2.45) is 0 Å². The average Bonchev–Trinajstić information content (AvgIpc) is 2.70. The van der Waals surface area contributed by atoms with Crippen molar-refractivity contribution in [1.29, 1.82) is 0 Å². The van der Waals surface area contributed by atoms with Crippen molar-refractivity contribution in [1.82, 2.24) is 9.97 Å². The molecule has 0 fully saturated rings. The Labute approximate surface area is 169 Å². The number of esters is 1. The summed E-state index contributed by atoms with van der Waals surface area (Å²) in [6.07, 6.45) is 1.93. The molecule has 7 nitrogen and oxygen atoms in total. The van der Waals surface area contributed by atoms with Crippen molar-refractivity contribution in [2.45, 2.75) is 20.3 Å². The number of rotatable bonds is 7. The Kier molecular flexibility index (Phi) is 6.52. The maximum Gasteiger partial charge on any atom is 0.310 e. The molecule has 0 aliphatic carbocycles. The van der Waals surface area contributed by atoms with E-state index in [-0.39, 0.29) is 18.3 Å². The van der Waals surface area contributed by atoms with Crippen LogP contribution in [0.3, 0.4) is 0 Å². The van der Waals surface area contributed by atoms with E-state index in [0.29, 0.717) is 12.6 Å². The van der Waals surface area contributed by atoms with Crippen LogP contribution in [0.2, 0.25) is 0 Å². The Bertz CT molecular complexity index is 986. The summed E-state index contributed by atoms with van der Waals surface area (Å²) in [4.78, 5) is 31.5. The molecule has 0 saturated heterocycles. The quantitative estimate of drug-likeness (QED) is 0.594. The van der Waals surface area contributed by atoms with E-state index < -0.39 is 0 Å². The molecule has 0 saturated carbocycles. The maximum atomic E-state index is 11.6. The molecule has 0 aliphatic rings. The van der Waals surface area contributed by atoms with Gasteiger partial charge in [-0.2, -0.15) is 0 Å². The average molecular weight is 390 g/mol. The third-order valence-corrected chi connectivity index (χ3v) is 4.02. The molecule has 29 heavy (non-hydrogen) atoms. The molecule has 0 bridgehead atoms. The number of nitrogens with zero attached hydrogens (tertiary/aromatic N) is 2. The van der Waals surface area contributed by atoms with Gasteiger partial charge >= 0.3 is 5.97 Å². The van der Waals surface area contributed by atoms with Crippen LogP contribution in [-0.4, -0.2) is 28.5 Å². The van der Waals surface area contributed by atoms with E-state index in [2.05, 4.69) is 20.6 Å². The monoisotopic (exact) mass is 390 g/mol. The highest BCUT2D eigenvalue weighted by atomic mass is 16.5. The van der Waals surface area contributed by atoms with Crippen LogP contribution in [0.1, 0.15) is 19.4 Å². The van der Waals surface area contributed by atoms with Gasteiger partial charge in [-0.05, 0) is 42.8 Å². The predicted octanol–water partition coefficient (Wildman–Crippen LogP) is 3.95. The highest BCUT2D eigenvalue weighted by molar-refractivity contribution is 5.88. The van der Waals surface area contributed by atoms with E-state index in [1.807, 2.05) is 54.6 Å². The number of nitrogens with one attached hydrogen (secondary N) is 2. The second-order valence-electron chi connectivity index (χ2n) is 6.33. The largest absolute Gasteiger partial charge is 0.466 e. The molecular formula is C22H22N4O3. The van der Waals surface area contributed by atoms with E-state index >= 15 is 0 Å². The van der Waals surface area contributed by atoms with E-state index in [4.69, 9.17) is 4.74 Å². The Balaban J connectivity index is 1.68. The van der Waals surface area contributed by atoms with E-state index in [9.17, 15) is 9.59 Å². The fraction of sp³-hybridized carbons (Fsp3) is 0.182. The molecule has 0 aliphatic heterocycles. The lowest BCUT2D eigenvalue weighted by molar-refractivity contribution is -0.142. The van der Waals surface area contributed by atoms with Crippen LogP contribution >= 0.6 is 0 Å². The number of amides is 1. The van der Waals surface area contributed by atoms with Crippen molar-refractivity contribution in [3.8, 4) is 11.3 Å². The van der Waals surface area contributed by atoms with Gasteiger partial charge in [0.15, 0.2) is 0 Å². The minimum atomic E-state index is -0.242. The fourth-order valence-corrected chi connectivity index (χ4v) is 2.72. The normalized spacial score (nSPS) is 10.3. The number of anilines is 3. The van der Waals surface area contributed by atoms with Crippen LogP contribution in [-0.2, 0) is 20.7 Å². The van der Waals surface area contributed by atoms with Gasteiger partial charge in [0, 0.05) is 30.1 Å². The van der Waals surface area contributed by atoms with Gasteiger partial charge in [-0.1, -0.05) is 24.3 Å². The molecule has 0 atom stereocenters. The van der Waals surface area contributed by atoms with Crippen molar-refractivity contribution < 1.29 is 14.3 Å². The van der Waals surface area contributed by atoms with Crippen LogP contribution in [0.5, 0.6) is 0 Å². The third kappa shape index (κ3) is 5.87. The summed E-state index contributed by atoms with van der Waals surface area (Å²) >= 11 is 0. The van der Waals surface area contributed by atoms with Crippen LogP contribution in [0, 0.1) is 0 Å². The number of hydrogen-bond donors (Lipinski definition) is 2. The van der Waals surface area contributed by atoms with Crippen LogP contribution in [0.4, 0.5) is 17.3 Å². The van der Waals surface area contributed by atoms with Gasteiger partial charge in [-0.25, -0.2) is 9.97 Å². The van der Waals surface area contributed by atoms with Crippen molar-refractivity contribution in [2.75, 3.05) is 17.2 Å². The molecule has 1 heterocycles. The number of hydrogen-bond acceptors (Lipinski definition) is 6. The number of carbonyl (C=O) groups excluding carboxylic acids is 2. The molecular weight excluding hydrogens is 368 g/mol. The molecule has 1 amide bonds. The highest BCUT2D eigenvalue weighted by Gasteiger charge is 2.06. The van der Waals surface area contributed by atoms with Gasteiger partial charge in [0.2, 0.25) is 11.9 Å². The topological polar surface area (TPSA) is 93.2 Å². The molecule has 0 unspecified atom stereocenters. The van der Waals surface area contributed by atoms with Gasteiger partial charge in [0.1, 0.15) is 0 Å². The van der Waals surface area contributed by atoms with Gasteiger partial charge in [0.25, 0.3) is 0 Å². The standard InChI is InChI=1S/C22H22N4O3/c1-3-29-21(28)14-16-4-8-19(9-5-16)25-22-23-13-12-20(26-22)17-6-10-18(11-7-17)24-15(2)27/h4-13H,3,14H2,1-2H3,(H,24,27)(H,23,25,26).